The Balaban J connectivity index is 1.61. The van der Waals surface area contributed by atoms with Crippen molar-refractivity contribution in [3.05, 3.63) is 101 Å². The van der Waals surface area contributed by atoms with Gasteiger partial charge in [0.1, 0.15) is 5.75 Å². The number of phenols is 1. The van der Waals surface area contributed by atoms with Crippen molar-refractivity contribution in [1.82, 2.24) is 14.9 Å². The lowest BCUT2D eigenvalue weighted by molar-refractivity contribution is -0.118. The molecule has 2 atom stereocenters. The van der Waals surface area contributed by atoms with Crippen LogP contribution in [0.2, 0.25) is 0 Å². The molecule has 0 spiro atoms. The molecule has 4 aromatic rings. The molecule has 8 heteroatoms. The van der Waals surface area contributed by atoms with Crippen LogP contribution in [0.15, 0.2) is 72.9 Å². The summed E-state index contributed by atoms with van der Waals surface area (Å²) in [6, 6.07) is 21.0. The van der Waals surface area contributed by atoms with E-state index in [0.717, 1.165) is 45.3 Å². The molecule has 7 nitrogen and oxygen atoms in total. The molecule has 200 valence electrons. The van der Waals surface area contributed by atoms with E-state index in [-0.39, 0.29) is 29.7 Å². The van der Waals surface area contributed by atoms with E-state index in [4.69, 9.17) is 12.2 Å². The SMILES string of the molecule is Cc1cc(N2C(=S)NC(c3ccccn3)C2c2cc(C)n(-c3ccc(O)cc3)c2C)ccc1NC(=O)C(C)C. The molecule has 1 aliphatic rings. The Morgan fingerprint density at radius 3 is 2.38 bits per heavy atom. The lowest BCUT2D eigenvalue weighted by Gasteiger charge is -2.29. The molecule has 39 heavy (non-hydrogen) atoms. The molecule has 5 rings (SSSR count). The number of aromatic hydroxyl groups is 1. The molecule has 0 radical (unpaired) electrons. The van der Waals surface area contributed by atoms with Crippen LogP contribution in [0.4, 0.5) is 11.4 Å². The third-order valence-corrected chi connectivity index (χ3v) is 7.58. The molecule has 3 N–H and O–H groups in total. The summed E-state index contributed by atoms with van der Waals surface area (Å²) < 4.78 is 2.19. The lowest BCUT2D eigenvalue weighted by atomic mass is 9.96. The van der Waals surface area contributed by atoms with E-state index < -0.39 is 0 Å². The Bertz CT molecular complexity index is 1530. The highest BCUT2D eigenvalue weighted by atomic mass is 32.1. The summed E-state index contributed by atoms with van der Waals surface area (Å²) in [6.07, 6.45) is 1.80. The standard InChI is InChI=1S/C31H33N5O2S/c1-18(2)30(38)33-26-14-11-23(16-19(26)3)36-29(28(34-31(36)39)27-8-6-7-15-32-27)25-17-20(4)35(21(25)5)22-9-12-24(37)13-10-22/h6-18,28-29,37H,1-5H3,(H,33,38)(H,34,39). The zero-order chi connectivity index (χ0) is 27.8. The monoisotopic (exact) mass is 539 g/mol. The number of benzene rings is 2. The van der Waals surface area contributed by atoms with E-state index >= 15 is 0 Å². The van der Waals surface area contributed by atoms with Gasteiger partial charge in [0.25, 0.3) is 0 Å². The van der Waals surface area contributed by atoms with Crippen LogP contribution in [0.25, 0.3) is 5.69 Å². The van der Waals surface area contributed by atoms with Crippen LogP contribution < -0.4 is 15.5 Å². The fourth-order valence-electron chi connectivity index (χ4n) is 5.25. The molecule has 0 aliphatic carbocycles. The number of hydrogen-bond donors (Lipinski definition) is 3. The topological polar surface area (TPSA) is 82.4 Å². The van der Waals surface area contributed by atoms with E-state index in [1.807, 2.05) is 63.2 Å². The summed E-state index contributed by atoms with van der Waals surface area (Å²) in [4.78, 5) is 19.2. The largest absolute Gasteiger partial charge is 0.508 e. The van der Waals surface area contributed by atoms with Crippen molar-refractivity contribution >= 4 is 34.6 Å². The molecule has 3 heterocycles. The maximum absolute atomic E-state index is 12.3. The second-order valence-corrected chi connectivity index (χ2v) is 10.7. The Kier molecular flexibility index (Phi) is 7.14. The first-order chi connectivity index (χ1) is 18.7. The fourth-order valence-corrected chi connectivity index (χ4v) is 5.60. The minimum atomic E-state index is -0.173. The van der Waals surface area contributed by atoms with Crippen molar-refractivity contribution in [1.29, 1.82) is 0 Å². The first-order valence-electron chi connectivity index (χ1n) is 13.1. The minimum absolute atomic E-state index is 0.0148. The van der Waals surface area contributed by atoms with Gasteiger partial charge in [-0.3, -0.25) is 9.78 Å². The Morgan fingerprint density at radius 1 is 1.03 bits per heavy atom. The van der Waals surface area contributed by atoms with Crippen LogP contribution in [-0.4, -0.2) is 25.7 Å². The van der Waals surface area contributed by atoms with E-state index in [0.29, 0.717) is 5.11 Å². The van der Waals surface area contributed by atoms with Gasteiger partial charge in [0.2, 0.25) is 5.91 Å². The van der Waals surface area contributed by atoms with Gasteiger partial charge < -0.3 is 25.2 Å². The number of nitrogens with zero attached hydrogens (tertiary/aromatic N) is 3. The van der Waals surface area contributed by atoms with E-state index in [1.54, 1.807) is 18.3 Å². The zero-order valence-corrected chi connectivity index (χ0v) is 23.6. The van der Waals surface area contributed by atoms with Crippen LogP contribution in [-0.2, 0) is 4.79 Å². The van der Waals surface area contributed by atoms with Crippen molar-refractivity contribution in [2.75, 3.05) is 10.2 Å². The second-order valence-electron chi connectivity index (χ2n) is 10.3. The fraction of sp³-hybridized carbons (Fsp3) is 0.258. The van der Waals surface area contributed by atoms with Crippen molar-refractivity contribution in [2.24, 2.45) is 5.92 Å². The number of rotatable bonds is 6. The summed E-state index contributed by atoms with van der Waals surface area (Å²) in [5, 5.41) is 17.0. The van der Waals surface area contributed by atoms with Crippen LogP contribution in [0, 0.1) is 26.7 Å². The number of thiocarbonyl (C=S) groups is 1. The average molecular weight is 540 g/mol. The number of pyridine rings is 1. The highest BCUT2D eigenvalue weighted by Gasteiger charge is 2.42. The number of carbonyl (C=O) groups is 1. The lowest BCUT2D eigenvalue weighted by Crippen LogP contribution is -2.29. The second kappa shape index (κ2) is 10.5. The molecular weight excluding hydrogens is 506 g/mol. The van der Waals surface area contributed by atoms with Gasteiger partial charge in [0.05, 0.1) is 17.8 Å². The van der Waals surface area contributed by atoms with Gasteiger partial charge >= 0.3 is 0 Å². The molecule has 1 saturated heterocycles. The maximum Gasteiger partial charge on any atom is 0.226 e. The number of nitrogens with one attached hydrogen (secondary N) is 2. The summed E-state index contributed by atoms with van der Waals surface area (Å²) in [5.41, 5.74) is 7.84. The predicted molar refractivity (Wildman–Crippen MR) is 159 cm³/mol. The van der Waals surface area contributed by atoms with Crippen molar-refractivity contribution in [3.8, 4) is 11.4 Å². The highest BCUT2D eigenvalue weighted by molar-refractivity contribution is 7.80. The summed E-state index contributed by atoms with van der Waals surface area (Å²) in [6.45, 7) is 9.95. The van der Waals surface area contributed by atoms with Crippen LogP contribution in [0.1, 0.15) is 54.1 Å². The van der Waals surface area contributed by atoms with Gasteiger partial charge in [-0.1, -0.05) is 19.9 Å². The molecule has 2 unspecified atom stereocenters. The summed E-state index contributed by atoms with van der Waals surface area (Å²) >= 11 is 5.93. The molecule has 1 fully saturated rings. The van der Waals surface area contributed by atoms with E-state index in [1.165, 1.54) is 0 Å². The van der Waals surface area contributed by atoms with Crippen LogP contribution in [0.3, 0.4) is 0 Å². The zero-order valence-electron chi connectivity index (χ0n) is 22.8. The smallest absolute Gasteiger partial charge is 0.226 e. The van der Waals surface area contributed by atoms with Gasteiger partial charge in [-0.15, -0.1) is 0 Å². The average Bonchev–Trinajstić information content (AvgIpc) is 3.41. The number of anilines is 2. The maximum atomic E-state index is 12.3. The number of aryl methyl sites for hydroxylation is 2. The highest BCUT2D eigenvalue weighted by Crippen LogP contribution is 2.44. The normalized spacial score (nSPS) is 17.0. The number of carbonyl (C=O) groups excluding carboxylic acids is 1. The van der Waals surface area contributed by atoms with Crippen LogP contribution >= 0.6 is 12.2 Å². The third kappa shape index (κ3) is 5.00. The third-order valence-electron chi connectivity index (χ3n) is 7.27. The molecule has 0 saturated carbocycles. The first kappa shape index (κ1) is 26.4. The predicted octanol–water partition coefficient (Wildman–Crippen LogP) is 6.27. The Labute approximate surface area is 234 Å². The number of phenolic OH excluding ortho intramolecular Hbond substituents is 1. The summed E-state index contributed by atoms with van der Waals surface area (Å²) in [5.74, 6) is 0.113. The van der Waals surface area contributed by atoms with Crippen LogP contribution in [0.5, 0.6) is 5.75 Å². The van der Waals surface area contributed by atoms with Gasteiger partial charge in [0.15, 0.2) is 5.11 Å². The molecule has 1 aliphatic heterocycles. The van der Waals surface area contributed by atoms with Gasteiger partial charge in [-0.05, 0) is 105 Å². The van der Waals surface area contributed by atoms with Gasteiger partial charge in [-0.25, -0.2) is 0 Å². The summed E-state index contributed by atoms with van der Waals surface area (Å²) in [7, 11) is 0. The van der Waals surface area contributed by atoms with E-state index in [9.17, 15) is 9.90 Å². The number of hydrogen-bond acceptors (Lipinski definition) is 4. The number of amides is 1. The molecule has 2 aromatic heterocycles. The number of aromatic nitrogens is 2. The van der Waals surface area contributed by atoms with Gasteiger partial charge in [0, 0.05) is 40.6 Å². The minimum Gasteiger partial charge on any atom is -0.508 e. The Morgan fingerprint density at radius 2 is 1.74 bits per heavy atom. The van der Waals surface area contributed by atoms with Crippen molar-refractivity contribution in [3.63, 3.8) is 0 Å². The molecule has 0 bridgehead atoms. The van der Waals surface area contributed by atoms with Gasteiger partial charge in [-0.2, -0.15) is 0 Å². The Hall–Kier alpha value is -4.17. The molecule has 1 amide bonds. The first-order valence-corrected chi connectivity index (χ1v) is 13.5. The van der Waals surface area contributed by atoms with Crippen molar-refractivity contribution in [2.45, 2.75) is 46.7 Å². The quantitative estimate of drug-likeness (QED) is 0.250. The van der Waals surface area contributed by atoms with Crippen molar-refractivity contribution < 1.29 is 9.90 Å². The molecule has 2 aromatic carbocycles. The van der Waals surface area contributed by atoms with E-state index in [2.05, 4.69) is 51.1 Å². The molecular formula is C31H33N5O2S.